The summed E-state index contributed by atoms with van der Waals surface area (Å²) in [5.74, 6) is 0. The summed E-state index contributed by atoms with van der Waals surface area (Å²) in [6.07, 6.45) is 3.75. The van der Waals surface area contributed by atoms with Gasteiger partial charge >= 0.3 is 0 Å². The molecular formula is C37H23N3. The second-order valence-corrected chi connectivity index (χ2v) is 10.5. The standard InChI is InChI=1S/C37H23N3/c1-2-14-30-28(12-1)29-13-3-5-16-32(29)40-35(30)22-25-18-19-34-36(37(25)40)31-15-4-6-17-33(31)39(34)27-11-7-9-24(21-27)26-10-8-20-38-23-26/h1-23H. The van der Waals surface area contributed by atoms with Gasteiger partial charge in [0, 0.05) is 50.6 Å². The second kappa shape index (κ2) is 8.05. The maximum atomic E-state index is 4.35. The molecule has 9 rings (SSSR count). The summed E-state index contributed by atoms with van der Waals surface area (Å²) in [6.45, 7) is 0. The molecule has 0 saturated carbocycles. The molecule has 0 aliphatic rings. The monoisotopic (exact) mass is 509 g/mol. The van der Waals surface area contributed by atoms with Gasteiger partial charge in [0.2, 0.25) is 0 Å². The molecule has 0 aliphatic carbocycles. The first kappa shape index (κ1) is 21.5. The van der Waals surface area contributed by atoms with E-state index < -0.39 is 0 Å². The summed E-state index contributed by atoms with van der Waals surface area (Å²) in [4.78, 5) is 4.35. The minimum Gasteiger partial charge on any atom is -0.309 e. The number of pyridine rings is 2. The number of hydrogen-bond donors (Lipinski definition) is 0. The molecule has 5 aromatic carbocycles. The molecule has 0 unspecified atom stereocenters. The topological polar surface area (TPSA) is 22.2 Å². The Morgan fingerprint density at radius 2 is 1.20 bits per heavy atom. The van der Waals surface area contributed by atoms with E-state index in [1.54, 1.807) is 0 Å². The third kappa shape index (κ3) is 2.86. The van der Waals surface area contributed by atoms with E-state index in [1.165, 1.54) is 59.9 Å². The highest BCUT2D eigenvalue weighted by Gasteiger charge is 2.19. The first-order valence-electron chi connectivity index (χ1n) is 13.6. The van der Waals surface area contributed by atoms with Gasteiger partial charge in [0.15, 0.2) is 0 Å². The van der Waals surface area contributed by atoms with Crippen LogP contribution in [0, 0.1) is 0 Å². The van der Waals surface area contributed by atoms with Crippen molar-refractivity contribution in [1.82, 2.24) is 14.0 Å². The van der Waals surface area contributed by atoms with Gasteiger partial charge in [-0.15, -0.1) is 0 Å². The van der Waals surface area contributed by atoms with Crippen LogP contribution in [0.1, 0.15) is 0 Å². The highest BCUT2D eigenvalue weighted by atomic mass is 15.0. The van der Waals surface area contributed by atoms with Gasteiger partial charge in [0.1, 0.15) is 0 Å². The fourth-order valence-corrected chi connectivity index (χ4v) is 6.67. The number of aromatic nitrogens is 3. The van der Waals surface area contributed by atoms with Gasteiger partial charge in [-0.3, -0.25) is 4.98 Å². The Morgan fingerprint density at radius 1 is 0.475 bits per heavy atom. The largest absolute Gasteiger partial charge is 0.309 e. The fourth-order valence-electron chi connectivity index (χ4n) is 6.67. The van der Waals surface area contributed by atoms with Crippen molar-refractivity contribution >= 4 is 59.9 Å². The summed E-state index contributed by atoms with van der Waals surface area (Å²) >= 11 is 0. The number of hydrogen-bond acceptors (Lipinski definition) is 1. The lowest BCUT2D eigenvalue weighted by atomic mass is 10.1. The summed E-state index contributed by atoms with van der Waals surface area (Å²) < 4.78 is 4.89. The first-order valence-corrected chi connectivity index (χ1v) is 13.6. The fraction of sp³-hybridized carbons (Fsp3) is 0. The first-order chi connectivity index (χ1) is 19.9. The maximum absolute atomic E-state index is 4.35. The van der Waals surface area contributed by atoms with Crippen LogP contribution < -0.4 is 0 Å². The van der Waals surface area contributed by atoms with E-state index in [-0.39, 0.29) is 0 Å². The van der Waals surface area contributed by atoms with Crippen LogP contribution in [-0.2, 0) is 0 Å². The Labute approximate surface area is 230 Å². The smallest absolute Gasteiger partial charge is 0.0635 e. The van der Waals surface area contributed by atoms with Crippen molar-refractivity contribution in [3.63, 3.8) is 0 Å². The third-order valence-electron chi connectivity index (χ3n) is 8.34. The molecule has 0 spiro atoms. The zero-order valence-electron chi connectivity index (χ0n) is 21.6. The lowest BCUT2D eigenvalue weighted by Gasteiger charge is -2.11. The molecule has 186 valence electrons. The van der Waals surface area contributed by atoms with Gasteiger partial charge in [-0.1, -0.05) is 84.9 Å². The lowest BCUT2D eigenvalue weighted by molar-refractivity contribution is 1.18. The summed E-state index contributed by atoms with van der Waals surface area (Å²) in [5.41, 5.74) is 9.55. The van der Waals surface area contributed by atoms with E-state index in [0.29, 0.717) is 0 Å². The van der Waals surface area contributed by atoms with E-state index in [1.807, 2.05) is 18.5 Å². The van der Waals surface area contributed by atoms with Crippen molar-refractivity contribution in [2.75, 3.05) is 0 Å². The van der Waals surface area contributed by atoms with Gasteiger partial charge in [0.05, 0.1) is 27.6 Å². The summed E-state index contributed by atoms with van der Waals surface area (Å²) in [7, 11) is 0. The molecule has 4 aromatic heterocycles. The molecule has 0 radical (unpaired) electrons. The number of nitrogens with zero attached hydrogens (tertiary/aromatic N) is 3. The lowest BCUT2D eigenvalue weighted by Crippen LogP contribution is -1.94. The minimum absolute atomic E-state index is 1.11. The SMILES string of the molecule is c1cncc(-c2cccc(-n3c4ccccc4c4c3ccc3cc5c6ccccc6c6ccccc6n5c34)c2)c1. The number of para-hydroxylation sites is 2. The van der Waals surface area contributed by atoms with Gasteiger partial charge in [0.25, 0.3) is 0 Å². The predicted molar refractivity (Wildman–Crippen MR) is 167 cm³/mol. The molecule has 0 bridgehead atoms. The van der Waals surface area contributed by atoms with Crippen molar-refractivity contribution in [1.29, 1.82) is 0 Å². The molecular weight excluding hydrogens is 486 g/mol. The Kier molecular flexibility index (Phi) is 4.33. The van der Waals surface area contributed by atoms with Gasteiger partial charge in [-0.25, -0.2) is 0 Å². The average Bonchev–Trinajstić information content (AvgIpc) is 3.58. The van der Waals surface area contributed by atoms with Crippen LogP contribution >= 0.6 is 0 Å². The zero-order valence-corrected chi connectivity index (χ0v) is 21.6. The van der Waals surface area contributed by atoms with Crippen molar-refractivity contribution < 1.29 is 0 Å². The van der Waals surface area contributed by atoms with Gasteiger partial charge < -0.3 is 8.97 Å². The predicted octanol–water partition coefficient (Wildman–Crippen LogP) is 9.56. The molecule has 3 nitrogen and oxygen atoms in total. The molecule has 40 heavy (non-hydrogen) atoms. The van der Waals surface area contributed by atoms with Crippen LogP contribution in [0.2, 0.25) is 0 Å². The average molecular weight is 510 g/mol. The summed E-state index contributed by atoms with van der Waals surface area (Å²) in [5, 5.41) is 7.62. The Bertz CT molecular complexity index is 2430. The maximum Gasteiger partial charge on any atom is 0.0635 e. The van der Waals surface area contributed by atoms with Gasteiger partial charge in [-0.2, -0.15) is 0 Å². The van der Waals surface area contributed by atoms with Crippen molar-refractivity contribution in [2.24, 2.45) is 0 Å². The van der Waals surface area contributed by atoms with Crippen molar-refractivity contribution in [3.8, 4) is 16.8 Å². The van der Waals surface area contributed by atoms with Gasteiger partial charge in [-0.05, 0) is 53.4 Å². The molecule has 3 heteroatoms. The number of benzene rings is 5. The van der Waals surface area contributed by atoms with Crippen molar-refractivity contribution in [2.45, 2.75) is 0 Å². The molecule has 0 saturated heterocycles. The van der Waals surface area contributed by atoms with E-state index >= 15 is 0 Å². The van der Waals surface area contributed by atoms with Crippen LogP contribution in [0.3, 0.4) is 0 Å². The third-order valence-corrected chi connectivity index (χ3v) is 8.34. The number of rotatable bonds is 2. The molecule has 4 heterocycles. The van der Waals surface area contributed by atoms with E-state index in [9.17, 15) is 0 Å². The van der Waals surface area contributed by atoms with Crippen LogP contribution in [0.25, 0.3) is 76.7 Å². The van der Waals surface area contributed by atoms with Crippen LogP contribution in [0.5, 0.6) is 0 Å². The van der Waals surface area contributed by atoms with E-state index in [0.717, 1.165) is 16.8 Å². The molecule has 0 aliphatic heterocycles. The Hall–Kier alpha value is -5.41. The van der Waals surface area contributed by atoms with Crippen LogP contribution in [0.4, 0.5) is 0 Å². The molecule has 0 fully saturated rings. The zero-order chi connectivity index (χ0) is 26.2. The Balaban J connectivity index is 1.47. The van der Waals surface area contributed by atoms with E-state index in [4.69, 9.17) is 0 Å². The highest BCUT2D eigenvalue weighted by Crippen LogP contribution is 2.41. The van der Waals surface area contributed by atoms with Crippen LogP contribution in [0.15, 0.2) is 140 Å². The quantitative estimate of drug-likeness (QED) is 0.213. The molecule has 0 atom stereocenters. The molecule has 9 aromatic rings. The molecule has 0 N–H and O–H groups in total. The molecule has 0 amide bonds. The second-order valence-electron chi connectivity index (χ2n) is 10.5. The Morgan fingerprint density at radius 3 is 2.02 bits per heavy atom. The summed E-state index contributed by atoms with van der Waals surface area (Å²) in [6, 6.07) is 46.2. The normalized spacial score (nSPS) is 12.0. The van der Waals surface area contributed by atoms with E-state index in [2.05, 4.69) is 135 Å². The minimum atomic E-state index is 1.11. The van der Waals surface area contributed by atoms with Crippen LogP contribution in [-0.4, -0.2) is 14.0 Å². The highest BCUT2D eigenvalue weighted by molar-refractivity contribution is 6.24. The van der Waals surface area contributed by atoms with Crippen molar-refractivity contribution in [3.05, 3.63) is 140 Å². The number of fused-ring (bicyclic) bond motifs is 12.